The van der Waals surface area contributed by atoms with E-state index in [1.807, 2.05) is 5.32 Å². The molecule has 0 saturated heterocycles. The lowest BCUT2D eigenvalue weighted by atomic mass is 9.98. The number of benzene rings is 1. The van der Waals surface area contributed by atoms with Gasteiger partial charge in [0.15, 0.2) is 0 Å². The van der Waals surface area contributed by atoms with Crippen LogP contribution in [0.2, 0.25) is 0 Å². The van der Waals surface area contributed by atoms with Crippen LogP contribution in [0.1, 0.15) is 45.6 Å². The largest absolute Gasteiger partial charge is 0.475 e. The first-order valence-electron chi connectivity index (χ1n) is 11.1. The molecule has 0 radical (unpaired) electrons. The van der Waals surface area contributed by atoms with Crippen LogP contribution >= 0.6 is 0 Å². The van der Waals surface area contributed by atoms with E-state index in [-0.39, 0.29) is 18.9 Å². The molecule has 4 atom stereocenters. The summed E-state index contributed by atoms with van der Waals surface area (Å²) in [5.41, 5.74) is 0.740. The normalized spacial score (nSPS) is 14.2. The summed E-state index contributed by atoms with van der Waals surface area (Å²) < 4.78 is 30.7. The van der Waals surface area contributed by atoms with Crippen molar-refractivity contribution in [3.63, 3.8) is 0 Å². The topological polar surface area (TPSA) is 151 Å². The lowest BCUT2D eigenvalue weighted by Gasteiger charge is -2.26. The number of aliphatic carboxylic acids is 1. The van der Waals surface area contributed by atoms with Gasteiger partial charge in [0, 0.05) is 6.42 Å². The van der Waals surface area contributed by atoms with E-state index in [0.717, 1.165) is 5.56 Å². The maximum atomic E-state index is 12.9. The monoisotopic (exact) mass is 499 g/mol. The summed E-state index contributed by atoms with van der Waals surface area (Å²) in [4.78, 5) is 60.3. The number of carbonyl (C=O) groups is 5. The first-order valence-corrected chi connectivity index (χ1v) is 11.1. The second kappa shape index (κ2) is 14.6. The van der Waals surface area contributed by atoms with Gasteiger partial charge in [0.25, 0.3) is 5.78 Å². The van der Waals surface area contributed by atoms with Gasteiger partial charge in [-0.05, 0) is 17.9 Å². The van der Waals surface area contributed by atoms with Crippen LogP contribution in [0.3, 0.4) is 0 Å². The summed E-state index contributed by atoms with van der Waals surface area (Å²) >= 11 is 0. The molecule has 194 valence electrons. The number of halogens is 2. The van der Waals surface area contributed by atoms with E-state index in [1.54, 1.807) is 44.2 Å². The lowest BCUT2D eigenvalue weighted by Crippen LogP contribution is -2.57. The first kappa shape index (κ1) is 29.5. The third kappa shape index (κ3) is 10.1. The SMILES string of the molecule is CCC(NC(=O)C(NC(=O)OCc1ccccc1)C(C)CC)C(=O)NC(CC(F)F)C(=O)C(=O)O. The Balaban J connectivity index is 2.85. The molecule has 1 aromatic rings. The molecule has 0 aromatic heterocycles. The van der Waals surface area contributed by atoms with E-state index in [2.05, 4.69) is 10.6 Å². The lowest BCUT2D eigenvalue weighted by molar-refractivity contribution is -0.151. The number of hydrogen-bond acceptors (Lipinski definition) is 6. The Bertz CT molecular complexity index is 883. The third-order valence-corrected chi connectivity index (χ3v) is 5.28. The molecule has 3 amide bonds. The van der Waals surface area contributed by atoms with E-state index < -0.39 is 60.6 Å². The molecule has 0 bridgehead atoms. The van der Waals surface area contributed by atoms with Crippen LogP contribution in [-0.4, -0.2) is 59.3 Å². The second-order valence-electron chi connectivity index (χ2n) is 7.90. The van der Waals surface area contributed by atoms with Gasteiger partial charge in [-0.3, -0.25) is 14.4 Å². The Kier molecular flexibility index (Phi) is 12.3. The van der Waals surface area contributed by atoms with Crippen molar-refractivity contribution in [2.45, 2.75) is 71.2 Å². The number of carboxylic acids is 1. The van der Waals surface area contributed by atoms with Crippen LogP contribution in [0, 0.1) is 5.92 Å². The predicted molar refractivity (Wildman–Crippen MR) is 120 cm³/mol. The minimum absolute atomic E-state index is 0.00587. The highest BCUT2D eigenvalue weighted by Gasteiger charge is 2.33. The van der Waals surface area contributed by atoms with Crippen molar-refractivity contribution in [1.82, 2.24) is 16.0 Å². The molecule has 1 aromatic carbocycles. The van der Waals surface area contributed by atoms with Crippen molar-refractivity contribution in [2.75, 3.05) is 0 Å². The standard InChI is InChI=1S/C23H31F2N3O7/c1-4-13(3)18(28-23(34)35-12-14-9-7-6-8-10-14)21(31)26-15(5-2)20(30)27-16(11-17(24)25)19(29)22(32)33/h6-10,13,15-18H,4-5,11-12H2,1-3H3,(H,26,31)(H,27,30)(H,28,34)(H,32,33). The number of hydrogen-bond donors (Lipinski definition) is 4. The number of rotatable bonds is 14. The summed E-state index contributed by atoms with van der Waals surface area (Å²) in [6, 6.07) is 4.57. The minimum atomic E-state index is -3.04. The Labute approximate surface area is 201 Å². The van der Waals surface area contributed by atoms with E-state index in [4.69, 9.17) is 9.84 Å². The Morgan fingerprint density at radius 1 is 0.914 bits per heavy atom. The average molecular weight is 500 g/mol. The van der Waals surface area contributed by atoms with E-state index in [1.165, 1.54) is 6.92 Å². The average Bonchev–Trinajstić information content (AvgIpc) is 2.83. The number of alkyl halides is 2. The maximum absolute atomic E-state index is 12.9. The van der Waals surface area contributed by atoms with E-state index in [0.29, 0.717) is 6.42 Å². The van der Waals surface area contributed by atoms with Gasteiger partial charge in [-0.1, -0.05) is 57.5 Å². The quantitative estimate of drug-likeness (QED) is 0.286. The van der Waals surface area contributed by atoms with Gasteiger partial charge in [-0.2, -0.15) is 0 Å². The maximum Gasteiger partial charge on any atom is 0.408 e. The van der Waals surface area contributed by atoms with Crippen molar-refractivity contribution >= 4 is 29.7 Å². The van der Waals surface area contributed by atoms with Gasteiger partial charge in [0.05, 0.1) is 0 Å². The fourth-order valence-electron chi connectivity index (χ4n) is 3.04. The Morgan fingerprint density at radius 2 is 1.51 bits per heavy atom. The number of nitrogens with one attached hydrogen (secondary N) is 3. The van der Waals surface area contributed by atoms with Gasteiger partial charge in [0.2, 0.25) is 18.2 Å². The molecule has 0 saturated carbocycles. The highest BCUT2D eigenvalue weighted by molar-refractivity contribution is 6.35. The molecule has 0 aliphatic heterocycles. The molecule has 0 aliphatic carbocycles. The van der Waals surface area contributed by atoms with Crippen molar-refractivity contribution in [3.05, 3.63) is 35.9 Å². The molecule has 35 heavy (non-hydrogen) atoms. The number of carboxylic acid groups (broad SMARTS) is 1. The van der Waals surface area contributed by atoms with Gasteiger partial charge < -0.3 is 25.8 Å². The van der Waals surface area contributed by atoms with Crippen LogP contribution < -0.4 is 16.0 Å². The van der Waals surface area contributed by atoms with Crippen molar-refractivity contribution in [2.24, 2.45) is 5.92 Å². The summed E-state index contributed by atoms with van der Waals surface area (Å²) in [5, 5.41) is 15.7. The smallest absolute Gasteiger partial charge is 0.408 e. The molecule has 12 heteroatoms. The predicted octanol–water partition coefficient (Wildman–Crippen LogP) is 2.02. The zero-order chi connectivity index (χ0) is 26.5. The summed E-state index contributed by atoms with van der Waals surface area (Å²) in [6.45, 7) is 4.99. The number of alkyl carbamates (subject to hydrolysis) is 1. The highest BCUT2D eigenvalue weighted by atomic mass is 19.3. The first-order chi connectivity index (χ1) is 16.5. The second-order valence-corrected chi connectivity index (χ2v) is 7.90. The zero-order valence-corrected chi connectivity index (χ0v) is 19.8. The summed E-state index contributed by atoms with van der Waals surface area (Å²) in [5.74, 6) is -5.66. The minimum Gasteiger partial charge on any atom is -0.475 e. The molecule has 0 fully saturated rings. The summed E-state index contributed by atoms with van der Waals surface area (Å²) in [7, 11) is 0. The fourth-order valence-corrected chi connectivity index (χ4v) is 3.04. The van der Waals surface area contributed by atoms with Crippen LogP contribution in [0.4, 0.5) is 13.6 Å². The molecule has 0 heterocycles. The Morgan fingerprint density at radius 3 is 2.03 bits per heavy atom. The molecular formula is C23H31F2N3O7. The van der Waals surface area contributed by atoms with Crippen LogP contribution in [0.15, 0.2) is 30.3 Å². The van der Waals surface area contributed by atoms with Crippen LogP contribution in [0.5, 0.6) is 0 Å². The number of amides is 3. The van der Waals surface area contributed by atoms with E-state index in [9.17, 15) is 32.8 Å². The highest BCUT2D eigenvalue weighted by Crippen LogP contribution is 2.11. The molecule has 10 nitrogen and oxygen atoms in total. The molecular weight excluding hydrogens is 468 g/mol. The number of ketones is 1. The van der Waals surface area contributed by atoms with Crippen molar-refractivity contribution < 1.29 is 42.6 Å². The van der Waals surface area contributed by atoms with Gasteiger partial charge >= 0.3 is 12.1 Å². The van der Waals surface area contributed by atoms with Crippen LogP contribution in [-0.2, 0) is 30.5 Å². The molecule has 0 aliphatic rings. The summed E-state index contributed by atoms with van der Waals surface area (Å²) in [6.07, 6.45) is -4.59. The Hall–Kier alpha value is -3.57. The molecule has 4 N–H and O–H groups in total. The van der Waals surface area contributed by atoms with Crippen molar-refractivity contribution in [1.29, 1.82) is 0 Å². The third-order valence-electron chi connectivity index (χ3n) is 5.28. The molecule has 1 rings (SSSR count). The zero-order valence-electron chi connectivity index (χ0n) is 19.8. The van der Waals surface area contributed by atoms with Gasteiger partial charge in [-0.15, -0.1) is 0 Å². The number of carbonyl (C=O) groups excluding carboxylic acids is 4. The van der Waals surface area contributed by atoms with E-state index >= 15 is 0 Å². The number of ether oxygens (including phenoxy) is 1. The van der Waals surface area contributed by atoms with Crippen molar-refractivity contribution in [3.8, 4) is 0 Å². The molecule has 0 spiro atoms. The van der Waals surface area contributed by atoms with Gasteiger partial charge in [-0.25, -0.2) is 18.4 Å². The number of Topliss-reactive ketones (excluding diaryl/α,β-unsaturated/α-hetero) is 1. The van der Waals surface area contributed by atoms with Gasteiger partial charge in [0.1, 0.15) is 24.7 Å². The molecule has 4 unspecified atom stereocenters. The fraction of sp³-hybridized carbons (Fsp3) is 0.522. The van der Waals surface area contributed by atoms with Crippen LogP contribution in [0.25, 0.3) is 0 Å².